The molecule has 0 spiro atoms. The van der Waals surface area contributed by atoms with E-state index in [1.165, 1.54) is 25.9 Å². The molecular formula is C23H32N6O6. The van der Waals surface area contributed by atoms with Crippen LogP contribution in [0.4, 0.5) is 0 Å². The van der Waals surface area contributed by atoms with E-state index < -0.39 is 0 Å². The lowest BCUT2D eigenvalue weighted by atomic mass is 10.1. The van der Waals surface area contributed by atoms with Crippen molar-refractivity contribution in [3.8, 4) is 0 Å². The van der Waals surface area contributed by atoms with E-state index in [0.717, 1.165) is 46.9 Å². The molecule has 2 heterocycles. The zero-order chi connectivity index (χ0) is 25.7. The average Bonchev–Trinajstić information content (AvgIpc) is 3.31. The van der Waals surface area contributed by atoms with Crippen molar-refractivity contribution in [2.75, 3.05) is 28.3 Å². The topological polar surface area (TPSA) is 140 Å². The number of hydrogen-bond donors (Lipinski definition) is 1. The van der Waals surface area contributed by atoms with Crippen molar-refractivity contribution in [2.45, 2.75) is 51.4 Å². The number of carbonyl (C=O) groups excluding carboxylic acids is 4. The Morgan fingerprint density at radius 3 is 1.94 bits per heavy atom. The maximum atomic E-state index is 12.2. The van der Waals surface area contributed by atoms with Crippen LogP contribution in [0.3, 0.4) is 0 Å². The summed E-state index contributed by atoms with van der Waals surface area (Å²) in [5, 5.41) is 13.1. The van der Waals surface area contributed by atoms with E-state index >= 15 is 0 Å². The molecule has 2 aromatic heterocycles. The summed E-state index contributed by atoms with van der Waals surface area (Å²) in [5.41, 5.74) is 3.15. The van der Waals surface area contributed by atoms with Crippen molar-refractivity contribution in [1.29, 1.82) is 0 Å². The molecule has 0 aliphatic heterocycles. The summed E-state index contributed by atoms with van der Waals surface area (Å²) in [6, 6.07) is 0. The number of amides is 2. The molecule has 2 aromatic rings. The molecule has 1 N–H and O–H groups in total. The number of aromatic nitrogens is 4. The Morgan fingerprint density at radius 1 is 0.829 bits per heavy atom. The number of carbonyl (C=O) groups is 4. The Morgan fingerprint density at radius 2 is 1.34 bits per heavy atom. The molecule has 0 saturated carbocycles. The van der Waals surface area contributed by atoms with Gasteiger partial charge in [0.1, 0.15) is 22.8 Å². The average molecular weight is 489 g/mol. The molecule has 2 amide bonds. The summed E-state index contributed by atoms with van der Waals surface area (Å²) in [7, 11) is 7.59. The lowest BCUT2D eigenvalue weighted by Gasteiger charge is -2.14. The van der Waals surface area contributed by atoms with Crippen LogP contribution in [0.5, 0.6) is 0 Å². The summed E-state index contributed by atoms with van der Waals surface area (Å²) >= 11 is 0. The number of aryl methyl sites for hydroxylation is 1. The molecule has 0 atom stereocenters. The van der Waals surface area contributed by atoms with Gasteiger partial charge in [0.15, 0.2) is 11.6 Å². The smallest absolute Gasteiger partial charge is 0.292 e. The van der Waals surface area contributed by atoms with E-state index in [2.05, 4.69) is 15.3 Å². The molecular weight excluding hydrogens is 456 g/mol. The van der Waals surface area contributed by atoms with Crippen molar-refractivity contribution in [2.24, 2.45) is 7.05 Å². The summed E-state index contributed by atoms with van der Waals surface area (Å²) in [5.74, 6) is -0.551. The minimum absolute atomic E-state index is 0.00729. The van der Waals surface area contributed by atoms with Crippen LogP contribution >= 0.6 is 0 Å². The SMILES string of the molecule is CON(C)C(=O)c1[nH]nc2c1CCCCC2=O.CON(C)C(=O)c1c2c(nn1C)C(=O)CCCC2. The van der Waals surface area contributed by atoms with Gasteiger partial charge in [-0.1, -0.05) is 0 Å². The molecule has 0 bridgehead atoms. The monoisotopic (exact) mass is 488 g/mol. The number of rotatable bonds is 4. The van der Waals surface area contributed by atoms with Crippen LogP contribution < -0.4 is 0 Å². The van der Waals surface area contributed by atoms with Crippen LogP contribution in [0.2, 0.25) is 0 Å². The molecule has 12 nitrogen and oxygen atoms in total. The number of ketones is 2. The van der Waals surface area contributed by atoms with Crippen LogP contribution in [-0.2, 0) is 29.6 Å². The standard InChI is InChI=1S/C12H17N3O3.C11H15N3O3/c1-14-11(12(17)15(2)18-3)8-6-4-5-7-9(16)10(8)13-14;1-14(17-2)11(16)10-7-5-3-4-6-8(15)9(7)12-13-10/h4-7H2,1-3H3;3-6H2,1-2H3,(H,12,13). The number of fused-ring (bicyclic) bond motifs is 2. The molecule has 0 aromatic carbocycles. The second-order valence-electron chi connectivity index (χ2n) is 8.46. The summed E-state index contributed by atoms with van der Waals surface area (Å²) < 4.78 is 1.48. The van der Waals surface area contributed by atoms with Crippen LogP contribution in [0.15, 0.2) is 0 Å². The van der Waals surface area contributed by atoms with Crippen molar-refractivity contribution in [1.82, 2.24) is 30.1 Å². The van der Waals surface area contributed by atoms with Gasteiger partial charge in [-0.2, -0.15) is 10.2 Å². The van der Waals surface area contributed by atoms with Crippen LogP contribution in [0.25, 0.3) is 0 Å². The van der Waals surface area contributed by atoms with Gasteiger partial charge in [0.05, 0.1) is 14.2 Å². The lowest BCUT2D eigenvalue weighted by Crippen LogP contribution is -2.28. The normalized spacial score (nSPS) is 15.2. The molecule has 4 rings (SSSR count). The van der Waals surface area contributed by atoms with Gasteiger partial charge in [-0.3, -0.25) is 38.6 Å². The molecule has 2 aliphatic carbocycles. The number of Topliss-reactive ketones (excluding diaryl/α,β-unsaturated/α-hetero) is 2. The highest BCUT2D eigenvalue weighted by Crippen LogP contribution is 2.24. The third-order valence-electron chi connectivity index (χ3n) is 6.24. The quantitative estimate of drug-likeness (QED) is 0.508. The molecule has 2 aliphatic rings. The van der Waals surface area contributed by atoms with Gasteiger partial charge >= 0.3 is 0 Å². The van der Waals surface area contributed by atoms with Crippen LogP contribution in [-0.4, -0.2) is 81.8 Å². The van der Waals surface area contributed by atoms with Crippen molar-refractivity contribution in [3.05, 3.63) is 33.9 Å². The predicted molar refractivity (Wildman–Crippen MR) is 124 cm³/mol. The highest BCUT2D eigenvalue weighted by Gasteiger charge is 2.29. The number of aromatic amines is 1. The molecule has 0 fully saturated rings. The first-order valence-corrected chi connectivity index (χ1v) is 11.5. The van der Waals surface area contributed by atoms with Gasteiger partial charge in [-0.25, -0.2) is 10.1 Å². The zero-order valence-electron chi connectivity index (χ0n) is 20.8. The van der Waals surface area contributed by atoms with Crippen LogP contribution in [0.1, 0.15) is 91.6 Å². The van der Waals surface area contributed by atoms with E-state index in [4.69, 9.17) is 9.68 Å². The van der Waals surface area contributed by atoms with Crippen molar-refractivity contribution in [3.63, 3.8) is 0 Å². The first-order valence-electron chi connectivity index (χ1n) is 11.5. The molecule has 0 radical (unpaired) electrons. The number of nitrogens with zero attached hydrogens (tertiary/aromatic N) is 5. The van der Waals surface area contributed by atoms with E-state index in [1.54, 1.807) is 14.1 Å². The number of nitrogens with one attached hydrogen (secondary N) is 1. The van der Waals surface area contributed by atoms with E-state index in [0.29, 0.717) is 48.5 Å². The van der Waals surface area contributed by atoms with Crippen molar-refractivity contribution < 1.29 is 28.9 Å². The van der Waals surface area contributed by atoms with Gasteiger partial charge in [-0.05, 0) is 38.5 Å². The maximum Gasteiger partial charge on any atom is 0.295 e. The van der Waals surface area contributed by atoms with Gasteiger partial charge in [0.2, 0.25) is 0 Å². The Kier molecular flexibility index (Phi) is 8.52. The Labute approximate surface area is 203 Å². The number of H-pyrrole nitrogens is 1. The fourth-order valence-corrected chi connectivity index (χ4v) is 4.20. The predicted octanol–water partition coefficient (Wildman–Crippen LogP) is 1.91. The van der Waals surface area contributed by atoms with Gasteiger partial charge < -0.3 is 0 Å². The van der Waals surface area contributed by atoms with Crippen molar-refractivity contribution >= 4 is 23.4 Å². The van der Waals surface area contributed by atoms with E-state index in [-0.39, 0.29) is 23.4 Å². The fourth-order valence-electron chi connectivity index (χ4n) is 4.20. The maximum absolute atomic E-state index is 12.2. The third-order valence-corrected chi connectivity index (χ3v) is 6.24. The zero-order valence-corrected chi connectivity index (χ0v) is 20.8. The Balaban J connectivity index is 0.000000196. The first-order chi connectivity index (χ1) is 16.7. The Hall–Kier alpha value is -3.38. The Bertz CT molecular complexity index is 1120. The third kappa shape index (κ3) is 5.49. The summed E-state index contributed by atoms with van der Waals surface area (Å²) in [6.45, 7) is 0. The number of hydrogen-bond acceptors (Lipinski definition) is 8. The highest BCUT2D eigenvalue weighted by molar-refractivity contribution is 6.02. The first kappa shape index (κ1) is 26.2. The van der Waals surface area contributed by atoms with E-state index in [9.17, 15) is 19.2 Å². The van der Waals surface area contributed by atoms with Crippen LogP contribution in [0, 0.1) is 0 Å². The van der Waals surface area contributed by atoms with Gasteiger partial charge in [0, 0.05) is 45.1 Å². The van der Waals surface area contributed by atoms with E-state index in [1.807, 2.05) is 0 Å². The largest absolute Gasteiger partial charge is 0.295 e. The summed E-state index contributed by atoms with van der Waals surface area (Å²) in [4.78, 5) is 57.5. The van der Waals surface area contributed by atoms with Gasteiger partial charge in [-0.15, -0.1) is 0 Å². The lowest BCUT2D eigenvalue weighted by molar-refractivity contribution is -0.0763. The number of hydroxylamine groups is 4. The van der Waals surface area contributed by atoms with Gasteiger partial charge in [0.25, 0.3) is 11.8 Å². The second-order valence-corrected chi connectivity index (χ2v) is 8.46. The minimum atomic E-state index is -0.309. The molecule has 0 saturated heterocycles. The molecule has 190 valence electrons. The molecule has 12 heteroatoms. The summed E-state index contributed by atoms with van der Waals surface area (Å²) in [6.07, 6.45) is 5.94. The second kappa shape index (κ2) is 11.4. The highest BCUT2D eigenvalue weighted by atomic mass is 16.7. The fraction of sp³-hybridized carbons (Fsp3) is 0.565. The molecule has 0 unspecified atom stereocenters. The minimum Gasteiger partial charge on any atom is -0.292 e. The molecule has 35 heavy (non-hydrogen) atoms.